The molecule has 1 aromatic heterocycles. The first-order valence-electron chi connectivity index (χ1n) is 9.93. The molecule has 0 saturated carbocycles. The van der Waals surface area contributed by atoms with E-state index in [1.807, 2.05) is 0 Å². The van der Waals surface area contributed by atoms with Gasteiger partial charge in [-0.1, -0.05) is 36.0 Å². The monoisotopic (exact) mass is 465 g/mol. The van der Waals surface area contributed by atoms with Crippen molar-refractivity contribution >= 4 is 34.3 Å². The number of carbonyl (C=O) groups excluding carboxylic acids is 1. The lowest BCUT2D eigenvalue weighted by molar-refractivity contribution is -0.113. The Bertz CT molecular complexity index is 1390. The lowest BCUT2D eigenvalue weighted by Gasteiger charge is -2.15. The van der Waals surface area contributed by atoms with E-state index in [4.69, 9.17) is 9.47 Å². The second-order valence-electron chi connectivity index (χ2n) is 6.91. The third-order valence-corrected chi connectivity index (χ3v) is 5.79. The summed E-state index contributed by atoms with van der Waals surface area (Å²) in [6, 6.07) is 18.0. The topological polar surface area (TPSA) is 82.5 Å². The maximum absolute atomic E-state index is 13.9. The van der Waals surface area contributed by atoms with Gasteiger partial charge in [0.1, 0.15) is 5.82 Å². The molecule has 0 atom stereocenters. The number of methoxy groups -OCH3 is 2. The van der Waals surface area contributed by atoms with Gasteiger partial charge in [-0.25, -0.2) is 9.37 Å². The minimum absolute atomic E-state index is 0.0770. The summed E-state index contributed by atoms with van der Waals surface area (Å²) in [6.45, 7) is 0. The van der Waals surface area contributed by atoms with Crippen molar-refractivity contribution in [1.82, 2.24) is 9.55 Å². The Hall–Kier alpha value is -3.85. The summed E-state index contributed by atoms with van der Waals surface area (Å²) < 4.78 is 25.9. The van der Waals surface area contributed by atoms with Crippen LogP contribution in [-0.4, -0.2) is 35.4 Å². The normalized spacial score (nSPS) is 10.8. The summed E-state index contributed by atoms with van der Waals surface area (Å²) in [5.74, 6) is -0.0648. The highest BCUT2D eigenvalue weighted by Gasteiger charge is 2.17. The van der Waals surface area contributed by atoms with Gasteiger partial charge in [0.2, 0.25) is 5.91 Å². The number of hydrogen-bond donors (Lipinski definition) is 1. The van der Waals surface area contributed by atoms with Crippen molar-refractivity contribution in [2.75, 3.05) is 25.3 Å². The third kappa shape index (κ3) is 4.68. The van der Waals surface area contributed by atoms with E-state index >= 15 is 0 Å². The molecule has 33 heavy (non-hydrogen) atoms. The Kier molecular flexibility index (Phi) is 6.60. The number of nitrogens with one attached hydrogen (secondary N) is 1. The number of amides is 1. The van der Waals surface area contributed by atoms with Crippen LogP contribution in [0.15, 0.2) is 76.7 Å². The van der Waals surface area contributed by atoms with E-state index < -0.39 is 11.7 Å². The fourth-order valence-corrected chi connectivity index (χ4v) is 4.09. The maximum atomic E-state index is 13.9. The zero-order chi connectivity index (χ0) is 23.4. The summed E-state index contributed by atoms with van der Waals surface area (Å²) in [7, 11) is 3.03. The van der Waals surface area contributed by atoms with Crippen molar-refractivity contribution in [1.29, 1.82) is 0 Å². The molecular formula is C24H20FN3O4S. The van der Waals surface area contributed by atoms with Gasteiger partial charge in [-0.05, 0) is 36.4 Å². The second-order valence-corrected chi connectivity index (χ2v) is 7.85. The lowest BCUT2D eigenvalue weighted by Crippen LogP contribution is -2.23. The van der Waals surface area contributed by atoms with Crippen molar-refractivity contribution in [3.8, 4) is 17.2 Å². The molecular weight excluding hydrogens is 445 g/mol. The molecule has 3 aromatic carbocycles. The molecule has 0 fully saturated rings. The van der Waals surface area contributed by atoms with Crippen molar-refractivity contribution in [3.05, 3.63) is 82.9 Å². The largest absolute Gasteiger partial charge is 0.493 e. The van der Waals surface area contributed by atoms with Gasteiger partial charge < -0.3 is 14.8 Å². The van der Waals surface area contributed by atoms with Crippen LogP contribution in [0.5, 0.6) is 11.5 Å². The van der Waals surface area contributed by atoms with Gasteiger partial charge in [0.25, 0.3) is 5.56 Å². The molecule has 1 N–H and O–H groups in total. The SMILES string of the molecule is COc1ccc(-n2c(SCC(=O)Nc3ccccc3F)nc3ccccc3c2=O)cc1OC. The van der Waals surface area contributed by atoms with E-state index in [2.05, 4.69) is 10.3 Å². The molecule has 0 saturated heterocycles. The summed E-state index contributed by atoms with van der Waals surface area (Å²) in [5, 5.41) is 3.29. The number of aromatic nitrogens is 2. The molecule has 0 aliphatic carbocycles. The molecule has 0 aliphatic rings. The van der Waals surface area contributed by atoms with Crippen LogP contribution in [0.4, 0.5) is 10.1 Å². The molecule has 4 aromatic rings. The van der Waals surface area contributed by atoms with E-state index in [1.54, 1.807) is 54.6 Å². The van der Waals surface area contributed by atoms with E-state index in [1.165, 1.54) is 30.9 Å². The molecule has 1 heterocycles. The number of rotatable bonds is 7. The van der Waals surface area contributed by atoms with Crippen LogP contribution in [0.2, 0.25) is 0 Å². The third-order valence-electron chi connectivity index (χ3n) is 4.85. The van der Waals surface area contributed by atoms with Crippen molar-refractivity contribution < 1.29 is 18.7 Å². The number of halogens is 1. The van der Waals surface area contributed by atoms with Gasteiger partial charge in [-0.2, -0.15) is 0 Å². The average Bonchev–Trinajstić information content (AvgIpc) is 2.84. The van der Waals surface area contributed by atoms with E-state index in [0.717, 1.165) is 11.8 Å². The minimum Gasteiger partial charge on any atom is -0.493 e. The van der Waals surface area contributed by atoms with E-state index in [9.17, 15) is 14.0 Å². The molecule has 0 radical (unpaired) electrons. The molecule has 0 bridgehead atoms. The molecule has 0 spiro atoms. The van der Waals surface area contributed by atoms with Crippen molar-refractivity contribution in [3.63, 3.8) is 0 Å². The number of thioether (sulfide) groups is 1. The molecule has 1 amide bonds. The van der Waals surface area contributed by atoms with Crippen LogP contribution in [0, 0.1) is 5.82 Å². The first kappa shape index (κ1) is 22.3. The minimum atomic E-state index is -0.526. The van der Waals surface area contributed by atoms with Crippen molar-refractivity contribution in [2.45, 2.75) is 5.16 Å². The maximum Gasteiger partial charge on any atom is 0.266 e. The number of nitrogens with zero attached hydrogens (tertiary/aromatic N) is 2. The highest BCUT2D eigenvalue weighted by Crippen LogP contribution is 2.30. The van der Waals surface area contributed by atoms with Gasteiger partial charge in [-0.3, -0.25) is 14.2 Å². The standard InChI is InChI=1S/C24H20FN3O4S/c1-31-20-12-11-15(13-21(20)32-2)28-23(30)16-7-3-5-9-18(16)27-24(28)33-14-22(29)26-19-10-6-4-8-17(19)25/h3-13H,14H2,1-2H3,(H,26,29). The number of carbonyl (C=O) groups is 1. The molecule has 7 nitrogen and oxygen atoms in total. The summed E-state index contributed by atoms with van der Waals surface area (Å²) in [4.78, 5) is 30.4. The fraction of sp³-hybridized carbons (Fsp3) is 0.125. The van der Waals surface area contributed by atoms with Gasteiger partial charge in [0, 0.05) is 6.07 Å². The van der Waals surface area contributed by atoms with Crippen molar-refractivity contribution in [2.24, 2.45) is 0 Å². The number of benzene rings is 3. The zero-order valence-corrected chi connectivity index (χ0v) is 18.7. The number of fused-ring (bicyclic) bond motifs is 1. The second kappa shape index (κ2) is 9.74. The molecule has 4 rings (SSSR count). The van der Waals surface area contributed by atoms with Crippen LogP contribution in [0.1, 0.15) is 0 Å². The van der Waals surface area contributed by atoms with Crippen LogP contribution >= 0.6 is 11.8 Å². The highest BCUT2D eigenvalue weighted by molar-refractivity contribution is 7.99. The number of hydrogen-bond acceptors (Lipinski definition) is 6. The number of para-hydroxylation sites is 2. The smallest absolute Gasteiger partial charge is 0.266 e. The Morgan fingerprint density at radius 2 is 1.76 bits per heavy atom. The van der Waals surface area contributed by atoms with E-state index in [0.29, 0.717) is 33.2 Å². The highest BCUT2D eigenvalue weighted by atomic mass is 32.2. The summed E-state index contributed by atoms with van der Waals surface area (Å²) >= 11 is 1.07. The van der Waals surface area contributed by atoms with Crippen LogP contribution in [-0.2, 0) is 4.79 Å². The lowest BCUT2D eigenvalue weighted by atomic mass is 10.2. The molecule has 9 heteroatoms. The molecule has 168 valence electrons. The fourth-order valence-electron chi connectivity index (χ4n) is 3.28. The Balaban J connectivity index is 1.72. The van der Waals surface area contributed by atoms with Gasteiger partial charge in [0.05, 0.1) is 42.3 Å². The van der Waals surface area contributed by atoms with Crippen LogP contribution in [0.3, 0.4) is 0 Å². The first-order chi connectivity index (χ1) is 16.0. The van der Waals surface area contributed by atoms with Gasteiger partial charge in [-0.15, -0.1) is 0 Å². The predicted octanol–water partition coefficient (Wildman–Crippen LogP) is 4.27. The summed E-state index contributed by atoms with van der Waals surface area (Å²) in [5.41, 5.74) is 0.820. The Morgan fingerprint density at radius 3 is 2.52 bits per heavy atom. The quantitative estimate of drug-likeness (QED) is 0.324. The first-order valence-corrected chi connectivity index (χ1v) is 10.9. The van der Waals surface area contributed by atoms with E-state index in [-0.39, 0.29) is 17.0 Å². The van der Waals surface area contributed by atoms with Gasteiger partial charge >= 0.3 is 0 Å². The molecule has 0 aliphatic heterocycles. The molecule has 0 unspecified atom stereocenters. The Labute approximate surface area is 193 Å². The predicted molar refractivity (Wildman–Crippen MR) is 126 cm³/mol. The van der Waals surface area contributed by atoms with Gasteiger partial charge in [0.15, 0.2) is 16.7 Å². The summed E-state index contributed by atoms with van der Waals surface area (Å²) in [6.07, 6.45) is 0. The van der Waals surface area contributed by atoms with Crippen LogP contribution < -0.4 is 20.3 Å². The zero-order valence-electron chi connectivity index (χ0n) is 17.9. The Morgan fingerprint density at radius 1 is 1.03 bits per heavy atom. The van der Waals surface area contributed by atoms with Crippen LogP contribution in [0.25, 0.3) is 16.6 Å². The average molecular weight is 466 g/mol. The number of anilines is 1. The number of ether oxygens (including phenoxy) is 2.